The Labute approximate surface area is 152 Å². The number of para-hydroxylation sites is 1. The van der Waals surface area contributed by atoms with E-state index in [0.29, 0.717) is 0 Å². The topological polar surface area (TPSA) is 55.4 Å². The molecule has 0 radical (unpaired) electrons. The first-order chi connectivity index (χ1) is 12.1. The van der Waals surface area contributed by atoms with E-state index < -0.39 is 5.97 Å². The molecule has 25 heavy (non-hydrogen) atoms. The van der Waals surface area contributed by atoms with Gasteiger partial charge in [-0.1, -0.05) is 37.3 Å². The molecule has 5 heteroatoms. The van der Waals surface area contributed by atoms with Gasteiger partial charge in [0.15, 0.2) is 6.61 Å². The number of rotatable bonds is 7. The minimum atomic E-state index is -0.548. The average Bonchev–Trinajstić information content (AvgIpc) is 2.65. The van der Waals surface area contributed by atoms with E-state index in [0.717, 1.165) is 28.1 Å². The largest absolute Gasteiger partial charge is 0.452 e. The van der Waals surface area contributed by atoms with Crippen LogP contribution in [0.15, 0.2) is 59.5 Å². The molecule has 0 aliphatic rings. The number of hydrogen-bond acceptors (Lipinski definition) is 4. The van der Waals surface area contributed by atoms with Gasteiger partial charge in [-0.25, -0.2) is 4.79 Å². The lowest BCUT2D eigenvalue weighted by Crippen LogP contribution is -2.20. The molecule has 0 spiro atoms. The molecule has 0 unspecified atom stereocenters. The van der Waals surface area contributed by atoms with Crippen molar-refractivity contribution in [2.24, 2.45) is 0 Å². The number of ether oxygens (including phenoxy) is 1. The molecule has 0 aromatic heterocycles. The molecule has 2 aromatic rings. The van der Waals surface area contributed by atoms with Crippen LogP contribution in [-0.2, 0) is 20.7 Å². The second kappa shape index (κ2) is 9.69. The van der Waals surface area contributed by atoms with Crippen LogP contribution >= 0.6 is 11.8 Å². The zero-order valence-electron chi connectivity index (χ0n) is 14.3. The monoisotopic (exact) mass is 355 g/mol. The van der Waals surface area contributed by atoms with Gasteiger partial charge in [0.05, 0.1) is 0 Å². The molecule has 0 atom stereocenters. The molecule has 0 heterocycles. The Morgan fingerprint density at radius 2 is 1.84 bits per heavy atom. The molecule has 2 rings (SSSR count). The summed E-state index contributed by atoms with van der Waals surface area (Å²) >= 11 is 1.66. The molecule has 0 aliphatic carbocycles. The van der Waals surface area contributed by atoms with Crippen LogP contribution < -0.4 is 5.32 Å². The summed E-state index contributed by atoms with van der Waals surface area (Å²) in [5, 5.41) is 2.76. The predicted octanol–water partition coefficient (Wildman–Crippen LogP) is 4.17. The van der Waals surface area contributed by atoms with E-state index in [1.807, 2.05) is 61.7 Å². The summed E-state index contributed by atoms with van der Waals surface area (Å²) in [4.78, 5) is 24.8. The molecule has 0 saturated heterocycles. The second-order valence-electron chi connectivity index (χ2n) is 5.27. The van der Waals surface area contributed by atoms with Crippen molar-refractivity contribution >= 4 is 35.4 Å². The second-order valence-corrected chi connectivity index (χ2v) is 6.15. The summed E-state index contributed by atoms with van der Waals surface area (Å²) in [5.41, 5.74) is 2.68. The summed E-state index contributed by atoms with van der Waals surface area (Å²) in [5.74, 6) is -0.903. The van der Waals surface area contributed by atoms with E-state index in [2.05, 4.69) is 5.32 Å². The molecular formula is C20H21NO3S. The van der Waals surface area contributed by atoms with E-state index >= 15 is 0 Å². The maximum atomic E-state index is 11.9. The van der Waals surface area contributed by atoms with Crippen molar-refractivity contribution in [3.8, 4) is 0 Å². The number of thioether (sulfide) groups is 1. The van der Waals surface area contributed by atoms with Crippen molar-refractivity contribution in [1.29, 1.82) is 0 Å². The first-order valence-corrected chi connectivity index (χ1v) is 9.21. The Bertz CT molecular complexity index is 754. The number of nitrogens with one attached hydrogen (secondary N) is 1. The highest BCUT2D eigenvalue weighted by Crippen LogP contribution is 2.16. The van der Waals surface area contributed by atoms with Crippen LogP contribution in [0.1, 0.15) is 18.1 Å². The Kier molecular flexibility index (Phi) is 7.29. The molecule has 0 aliphatic heterocycles. The third-order valence-electron chi connectivity index (χ3n) is 3.55. The van der Waals surface area contributed by atoms with Gasteiger partial charge in [-0.3, -0.25) is 4.79 Å². The van der Waals surface area contributed by atoms with Crippen molar-refractivity contribution in [1.82, 2.24) is 0 Å². The lowest BCUT2D eigenvalue weighted by atomic mass is 10.1. The van der Waals surface area contributed by atoms with Crippen molar-refractivity contribution < 1.29 is 14.3 Å². The zero-order chi connectivity index (χ0) is 18.1. The molecule has 0 bridgehead atoms. The van der Waals surface area contributed by atoms with Crippen molar-refractivity contribution in [3.63, 3.8) is 0 Å². The minimum absolute atomic E-state index is 0.313. The molecule has 1 N–H and O–H groups in total. The van der Waals surface area contributed by atoms with Gasteiger partial charge >= 0.3 is 5.97 Å². The highest BCUT2D eigenvalue weighted by molar-refractivity contribution is 7.98. The molecule has 0 fully saturated rings. The van der Waals surface area contributed by atoms with Crippen LogP contribution in [0.25, 0.3) is 6.08 Å². The number of anilines is 1. The first-order valence-electron chi connectivity index (χ1n) is 7.99. The van der Waals surface area contributed by atoms with Crippen LogP contribution in [0.2, 0.25) is 0 Å². The van der Waals surface area contributed by atoms with Gasteiger partial charge in [0.25, 0.3) is 5.91 Å². The predicted molar refractivity (Wildman–Crippen MR) is 103 cm³/mol. The minimum Gasteiger partial charge on any atom is -0.452 e. The Hall–Kier alpha value is -2.53. The van der Waals surface area contributed by atoms with Gasteiger partial charge in [0.2, 0.25) is 0 Å². The number of hydrogen-bond donors (Lipinski definition) is 1. The first kappa shape index (κ1) is 18.8. The quantitative estimate of drug-likeness (QED) is 0.460. The van der Waals surface area contributed by atoms with E-state index in [1.165, 1.54) is 6.08 Å². The van der Waals surface area contributed by atoms with Gasteiger partial charge in [-0.2, -0.15) is 0 Å². The third-order valence-corrected chi connectivity index (χ3v) is 4.29. The standard InChI is InChI=1S/C20H21NO3S/c1-3-16-6-4-5-7-18(16)21-19(22)14-24-20(23)13-10-15-8-11-17(25-2)12-9-15/h4-13H,3,14H2,1-2H3,(H,21,22)/b13-10+. The number of esters is 1. The van der Waals surface area contributed by atoms with E-state index in [-0.39, 0.29) is 12.5 Å². The molecule has 0 saturated carbocycles. The number of aryl methyl sites for hydroxylation is 1. The van der Waals surface area contributed by atoms with Gasteiger partial charge < -0.3 is 10.1 Å². The normalized spacial score (nSPS) is 10.6. The van der Waals surface area contributed by atoms with Crippen molar-refractivity contribution in [2.75, 3.05) is 18.2 Å². The molecule has 2 aromatic carbocycles. The molecule has 4 nitrogen and oxygen atoms in total. The van der Waals surface area contributed by atoms with Crippen LogP contribution in [0.3, 0.4) is 0 Å². The van der Waals surface area contributed by atoms with Crippen molar-refractivity contribution in [3.05, 3.63) is 65.7 Å². The fraction of sp³-hybridized carbons (Fsp3) is 0.200. The number of amides is 1. The van der Waals surface area contributed by atoms with Crippen molar-refractivity contribution in [2.45, 2.75) is 18.2 Å². The van der Waals surface area contributed by atoms with Gasteiger partial charge in [0.1, 0.15) is 0 Å². The SMILES string of the molecule is CCc1ccccc1NC(=O)COC(=O)/C=C/c1ccc(SC)cc1. The lowest BCUT2D eigenvalue weighted by Gasteiger charge is -2.09. The van der Waals surface area contributed by atoms with Crippen LogP contribution in [0, 0.1) is 0 Å². The third kappa shape index (κ3) is 6.12. The van der Waals surface area contributed by atoms with Gasteiger partial charge in [0, 0.05) is 16.7 Å². The van der Waals surface area contributed by atoms with Crippen LogP contribution in [0.5, 0.6) is 0 Å². The summed E-state index contributed by atoms with van der Waals surface area (Å²) in [7, 11) is 0. The summed E-state index contributed by atoms with van der Waals surface area (Å²) in [6, 6.07) is 15.4. The maximum absolute atomic E-state index is 11.9. The average molecular weight is 355 g/mol. The number of carbonyl (C=O) groups is 2. The van der Waals surface area contributed by atoms with Gasteiger partial charge in [-0.15, -0.1) is 11.8 Å². The Morgan fingerprint density at radius 3 is 2.52 bits per heavy atom. The fourth-order valence-electron chi connectivity index (χ4n) is 2.20. The van der Waals surface area contributed by atoms with E-state index in [1.54, 1.807) is 17.8 Å². The highest BCUT2D eigenvalue weighted by Gasteiger charge is 2.07. The van der Waals surface area contributed by atoms with E-state index in [9.17, 15) is 9.59 Å². The zero-order valence-corrected chi connectivity index (χ0v) is 15.1. The molecular weight excluding hydrogens is 334 g/mol. The number of benzene rings is 2. The smallest absolute Gasteiger partial charge is 0.331 e. The lowest BCUT2D eigenvalue weighted by molar-refractivity contribution is -0.142. The van der Waals surface area contributed by atoms with E-state index in [4.69, 9.17) is 4.74 Å². The molecule has 1 amide bonds. The molecule has 130 valence electrons. The summed E-state index contributed by atoms with van der Waals surface area (Å²) in [6.45, 7) is 1.70. The number of carbonyl (C=O) groups excluding carboxylic acids is 2. The summed E-state index contributed by atoms with van der Waals surface area (Å²) in [6.07, 6.45) is 5.80. The fourth-order valence-corrected chi connectivity index (χ4v) is 2.61. The van der Waals surface area contributed by atoms with Crippen LogP contribution in [0.4, 0.5) is 5.69 Å². The Balaban J connectivity index is 1.82. The summed E-state index contributed by atoms with van der Waals surface area (Å²) < 4.78 is 4.97. The van der Waals surface area contributed by atoms with Crippen LogP contribution in [-0.4, -0.2) is 24.7 Å². The Morgan fingerprint density at radius 1 is 1.12 bits per heavy atom. The highest BCUT2D eigenvalue weighted by atomic mass is 32.2. The maximum Gasteiger partial charge on any atom is 0.331 e. The van der Waals surface area contributed by atoms with Gasteiger partial charge in [-0.05, 0) is 48.1 Å².